The molecule has 3 nitrogen and oxygen atoms in total. The van der Waals surface area contributed by atoms with E-state index in [1.54, 1.807) is 0 Å². The van der Waals surface area contributed by atoms with Crippen LogP contribution >= 0.6 is 0 Å². The van der Waals surface area contributed by atoms with E-state index in [0.29, 0.717) is 6.54 Å². The molecule has 0 saturated carbocycles. The second kappa shape index (κ2) is 7.65. The Balaban J connectivity index is 2.95. The Morgan fingerprint density at radius 2 is 1.95 bits per heavy atom. The Hall–Kier alpha value is -1.06. The molecule has 0 fully saturated rings. The zero-order valence-corrected chi connectivity index (χ0v) is 13.7. The Morgan fingerprint density at radius 1 is 1.25 bits per heavy atom. The monoisotopic (exact) mass is 278 g/mol. The summed E-state index contributed by atoms with van der Waals surface area (Å²) in [5.41, 5.74) is 3.13. The third-order valence-corrected chi connectivity index (χ3v) is 3.28. The SMILES string of the molecule is CCCNCc1cc(C)ccc1N(CC)CC(C)(C)O. The van der Waals surface area contributed by atoms with Crippen LogP contribution in [0.3, 0.4) is 0 Å². The summed E-state index contributed by atoms with van der Waals surface area (Å²) in [5.74, 6) is 0. The molecule has 2 N–H and O–H groups in total. The van der Waals surface area contributed by atoms with Crippen molar-refractivity contribution in [3.63, 3.8) is 0 Å². The second-order valence-electron chi connectivity index (χ2n) is 6.14. The van der Waals surface area contributed by atoms with E-state index in [-0.39, 0.29) is 0 Å². The summed E-state index contributed by atoms with van der Waals surface area (Å²) < 4.78 is 0. The molecule has 1 rings (SSSR count). The molecule has 20 heavy (non-hydrogen) atoms. The van der Waals surface area contributed by atoms with Gasteiger partial charge >= 0.3 is 0 Å². The highest BCUT2D eigenvalue weighted by atomic mass is 16.3. The Kier molecular flexibility index (Phi) is 6.50. The average molecular weight is 278 g/mol. The summed E-state index contributed by atoms with van der Waals surface area (Å²) in [5, 5.41) is 13.6. The topological polar surface area (TPSA) is 35.5 Å². The van der Waals surface area contributed by atoms with Crippen LogP contribution in [0.5, 0.6) is 0 Å². The molecule has 0 radical (unpaired) electrons. The van der Waals surface area contributed by atoms with Gasteiger partial charge in [0.25, 0.3) is 0 Å². The Labute approximate surface area is 124 Å². The van der Waals surface area contributed by atoms with Crippen molar-refractivity contribution in [2.75, 3.05) is 24.5 Å². The number of hydrogen-bond donors (Lipinski definition) is 2. The first-order valence-corrected chi connectivity index (χ1v) is 7.65. The molecule has 0 atom stereocenters. The predicted molar refractivity (Wildman–Crippen MR) is 87.4 cm³/mol. The Morgan fingerprint density at radius 3 is 2.50 bits per heavy atom. The number of aryl methyl sites for hydroxylation is 1. The minimum atomic E-state index is -0.686. The van der Waals surface area contributed by atoms with Gasteiger partial charge in [0.15, 0.2) is 0 Å². The molecule has 1 aromatic carbocycles. The summed E-state index contributed by atoms with van der Waals surface area (Å²) in [4.78, 5) is 2.25. The zero-order valence-electron chi connectivity index (χ0n) is 13.7. The lowest BCUT2D eigenvalue weighted by molar-refractivity contribution is 0.0875. The van der Waals surface area contributed by atoms with Crippen LogP contribution in [0.2, 0.25) is 0 Å². The molecule has 114 valence electrons. The lowest BCUT2D eigenvalue weighted by Crippen LogP contribution is -2.39. The highest BCUT2D eigenvalue weighted by Gasteiger charge is 2.19. The van der Waals surface area contributed by atoms with E-state index >= 15 is 0 Å². The summed E-state index contributed by atoms with van der Waals surface area (Å²) in [6.07, 6.45) is 1.14. The van der Waals surface area contributed by atoms with Crippen LogP contribution in [0.15, 0.2) is 18.2 Å². The number of hydrogen-bond acceptors (Lipinski definition) is 3. The molecule has 0 heterocycles. The van der Waals surface area contributed by atoms with Crippen molar-refractivity contribution in [3.8, 4) is 0 Å². The van der Waals surface area contributed by atoms with Gasteiger partial charge in [-0.25, -0.2) is 0 Å². The molecule has 0 aliphatic heterocycles. The molecule has 0 amide bonds. The van der Waals surface area contributed by atoms with E-state index in [9.17, 15) is 5.11 Å². The van der Waals surface area contributed by atoms with E-state index in [1.807, 2.05) is 13.8 Å². The quantitative estimate of drug-likeness (QED) is 0.717. The van der Waals surface area contributed by atoms with Crippen molar-refractivity contribution in [1.29, 1.82) is 0 Å². The van der Waals surface area contributed by atoms with E-state index in [4.69, 9.17) is 0 Å². The van der Waals surface area contributed by atoms with Gasteiger partial charge in [-0.1, -0.05) is 24.6 Å². The largest absolute Gasteiger partial charge is 0.389 e. The fraction of sp³-hybridized carbons (Fsp3) is 0.647. The molecule has 0 unspecified atom stereocenters. The van der Waals surface area contributed by atoms with Gasteiger partial charge in [0.05, 0.1) is 5.60 Å². The van der Waals surface area contributed by atoms with E-state index in [1.165, 1.54) is 16.8 Å². The maximum absolute atomic E-state index is 10.1. The van der Waals surface area contributed by atoms with Gasteiger partial charge in [0, 0.05) is 25.3 Å². The number of anilines is 1. The Bertz CT molecular complexity index is 410. The third kappa shape index (κ3) is 5.51. The summed E-state index contributed by atoms with van der Waals surface area (Å²) >= 11 is 0. The molecule has 0 spiro atoms. The molecule has 0 aliphatic carbocycles. The first-order chi connectivity index (χ1) is 9.37. The standard InChI is InChI=1S/C17H30N2O/c1-6-10-18-12-15-11-14(3)8-9-16(15)19(7-2)13-17(4,5)20/h8-9,11,18,20H,6-7,10,12-13H2,1-5H3. The average Bonchev–Trinajstić information content (AvgIpc) is 2.36. The van der Waals surface area contributed by atoms with Gasteiger partial charge in [0.1, 0.15) is 0 Å². The number of rotatable bonds is 8. The van der Waals surface area contributed by atoms with Crippen molar-refractivity contribution in [2.24, 2.45) is 0 Å². The zero-order chi connectivity index (χ0) is 15.2. The maximum Gasteiger partial charge on any atom is 0.0765 e. The second-order valence-corrected chi connectivity index (χ2v) is 6.14. The van der Waals surface area contributed by atoms with Gasteiger partial charge in [-0.15, -0.1) is 0 Å². The summed E-state index contributed by atoms with van der Waals surface area (Å²) in [6.45, 7) is 13.6. The van der Waals surface area contributed by atoms with Crippen molar-refractivity contribution in [3.05, 3.63) is 29.3 Å². The van der Waals surface area contributed by atoms with E-state index in [2.05, 4.69) is 49.2 Å². The van der Waals surface area contributed by atoms with Gasteiger partial charge in [0.2, 0.25) is 0 Å². The fourth-order valence-electron chi connectivity index (χ4n) is 2.40. The van der Waals surface area contributed by atoms with Gasteiger partial charge < -0.3 is 15.3 Å². The van der Waals surface area contributed by atoms with Gasteiger partial charge in [-0.05, 0) is 52.3 Å². The number of aliphatic hydroxyl groups is 1. The van der Waals surface area contributed by atoms with Crippen molar-refractivity contribution in [2.45, 2.75) is 53.2 Å². The lowest BCUT2D eigenvalue weighted by atomic mass is 10.1. The van der Waals surface area contributed by atoms with Crippen molar-refractivity contribution < 1.29 is 5.11 Å². The molecule has 0 aromatic heterocycles. The minimum Gasteiger partial charge on any atom is -0.389 e. The molecule has 0 bridgehead atoms. The van der Waals surface area contributed by atoms with Gasteiger partial charge in [-0.3, -0.25) is 0 Å². The van der Waals surface area contributed by atoms with Crippen LogP contribution in [0.4, 0.5) is 5.69 Å². The van der Waals surface area contributed by atoms with Crippen LogP contribution in [-0.2, 0) is 6.54 Å². The number of likely N-dealkylation sites (N-methyl/N-ethyl adjacent to an activating group) is 1. The third-order valence-electron chi connectivity index (χ3n) is 3.28. The maximum atomic E-state index is 10.1. The highest BCUT2D eigenvalue weighted by Crippen LogP contribution is 2.23. The molecule has 0 aliphatic rings. The van der Waals surface area contributed by atoms with E-state index in [0.717, 1.165) is 26.1 Å². The fourth-order valence-corrected chi connectivity index (χ4v) is 2.40. The number of benzene rings is 1. The molecular formula is C17H30N2O. The number of nitrogens with one attached hydrogen (secondary N) is 1. The highest BCUT2D eigenvalue weighted by molar-refractivity contribution is 5.55. The molecule has 1 aromatic rings. The van der Waals surface area contributed by atoms with Crippen molar-refractivity contribution >= 4 is 5.69 Å². The number of nitrogens with zero attached hydrogens (tertiary/aromatic N) is 1. The molecule has 3 heteroatoms. The lowest BCUT2D eigenvalue weighted by Gasteiger charge is -2.31. The normalized spacial score (nSPS) is 11.7. The molecular weight excluding hydrogens is 248 g/mol. The van der Waals surface area contributed by atoms with Crippen LogP contribution in [0, 0.1) is 6.92 Å². The van der Waals surface area contributed by atoms with Crippen LogP contribution in [0.1, 0.15) is 45.2 Å². The van der Waals surface area contributed by atoms with E-state index < -0.39 is 5.60 Å². The van der Waals surface area contributed by atoms with Crippen LogP contribution < -0.4 is 10.2 Å². The summed E-state index contributed by atoms with van der Waals surface area (Å²) in [6, 6.07) is 6.56. The smallest absolute Gasteiger partial charge is 0.0765 e. The first kappa shape index (κ1) is 17.0. The van der Waals surface area contributed by atoms with Gasteiger partial charge in [-0.2, -0.15) is 0 Å². The predicted octanol–water partition coefficient (Wildman–Crippen LogP) is 3.09. The summed E-state index contributed by atoms with van der Waals surface area (Å²) in [7, 11) is 0. The first-order valence-electron chi connectivity index (χ1n) is 7.65. The van der Waals surface area contributed by atoms with Crippen LogP contribution in [0.25, 0.3) is 0 Å². The molecule has 0 saturated heterocycles. The van der Waals surface area contributed by atoms with Crippen molar-refractivity contribution in [1.82, 2.24) is 5.32 Å². The minimum absolute atomic E-state index is 0.646. The van der Waals surface area contributed by atoms with Crippen LogP contribution in [-0.4, -0.2) is 30.3 Å².